The molecule has 0 aliphatic heterocycles. The van der Waals surface area contributed by atoms with Gasteiger partial charge in [0.05, 0.1) is 6.10 Å². The first-order valence-corrected chi connectivity index (χ1v) is 5.03. The lowest BCUT2D eigenvalue weighted by atomic mass is 9.99. The van der Waals surface area contributed by atoms with Crippen LogP contribution in [0.5, 0.6) is 0 Å². The van der Waals surface area contributed by atoms with E-state index in [-0.39, 0.29) is 6.10 Å². The van der Waals surface area contributed by atoms with Crippen molar-refractivity contribution in [3.8, 4) is 0 Å². The van der Waals surface area contributed by atoms with Crippen molar-refractivity contribution in [3.05, 3.63) is 35.4 Å². The van der Waals surface area contributed by atoms with Crippen LogP contribution in [0.3, 0.4) is 0 Å². The molecule has 1 aliphatic carbocycles. The molecule has 1 aliphatic rings. The topological polar surface area (TPSA) is 20.2 Å². The molecule has 1 aromatic carbocycles. The van der Waals surface area contributed by atoms with E-state index in [4.69, 9.17) is 0 Å². The van der Waals surface area contributed by atoms with E-state index < -0.39 is 0 Å². The first-order valence-electron chi connectivity index (χ1n) is 5.03. The van der Waals surface area contributed by atoms with Crippen LogP contribution < -0.4 is 0 Å². The summed E-state index contributed by atoms with van der Waals surface area (Å²) in [6.45, 7) is 1.85. The van der Waals surface area contributed by atoms with Crippen molar-refractivity contribution in [1.82, 2.24) is 0 Å². The van der Waals surface area contributed by atoms with Crippen LogP contribution in [0.15, 0.2) is 24.3 Å². The number of hydrogen-bond donors (Lipinski definition) is 1. The summed E-state index contributed by atoms with van der Waals surface area (Å²) in [5.74, 6) is 0.787. The molecule has 0 saturated heterocycles. The van der Waals surface area contributed by atoms with Gasteiger partial charge in [-0.3, -0.25) is 0 Å². The molecule has 0 amide bonds. The molecule has 0 aromatic heterocycles. The summed E-state index contributed by atoms with van der Waals surface area (Å²) in [5.41, 5.74) is 2.79. The van der Waals surface area contributed by atoms with Gasteiger partial charge in [0.15, 0.2) is 0 Å². The van der Waals surface area contributed by atoms with E-state index in [0.29, 0.717) is 0 Å². The second-order valence-corrected chi connectivity index (χ2v) is 4.03. The van der Waals surface area contributed by atoms with E-state index >= 15 is 0 Å². The molecule has 0 bridgehead atoms. The third kappa shape index (κ3) is 2.10. The predicted molar refractivity (Wildman–Crippen MR) is 53.8 cm³/mol. The van der Waals surface area contributed by atoms with Crippen LogP contribution in [-0.2, 0) is 6.42 Å². The Morgan fingerprint density at radius 3 is 2.69 bits per heavy atom. The summed E-state index contributed by atoms with van der Waals surface area (Å²) >= 11 is 0. The van der Waals surface area contributed by atoms with E-state index in [2.05, 4.69) is 24.3 Å². The number of aliphatic hydroxyl groups excluding tert-OH is 1. The van der Waals surface area contributed by atoms with Gasteiger partial charge >= 0.3 is 0 Å². The third-order valence-corrected chi connectivity index (χ3v) is 2.59. The van der Waals surface area contributed by atoms with Gasteiger partial charge in [-0.25, -0.2) is 0 Å². The zero-order chi connectivity index (χ0) is 9.26. The minimum absolute atomic E-state index is 0.222. The van der Waals surface area contributed by atoms with E-state index in [9.17, 15) is 5.11 Å². The summed E-state index contributed by atoms with van der Waals surface area (Å²) in [7, 11) is 0. The Morgan fingerprint density at radius 2 is 2.08 bits per heavy atom. The Labute approximate surface area is 79.4 Å². The molecule has 1 aromatic rings. The van der Waals surface area contributed by atoms with E-state index in [1.54, 1.807) is 0 Å². The van der Waals surface area contributed by atoms with Crippen LogP contribution in [-0.4, -0.2) is 11.2 Å². The predicted octanol–water partition coefficient (Wildman–Crippen LogP) is 2.49. The lowest BCUT2D eigenvalue weighted by molar-refractivity contribution is 0.195. The number of aliphatic hydroxyl groups is 1. The Bertz CT molecular complexity index is 287. The molecule has 13 heavy (non-hydrogen) atoms. The van der Waals surface area contributed by atoms with Crippen molar-refractivity contribution in [2.75, 3.05) is 0 Å². The molecule has 0 spiro atoms. The van der Waals surface area contributed by atoms with Gasteiger partial charge in [0, 0.05) is 0 Å². The maximum Gasteiger partial charge on any atom is 0.0552 e. The van der Waals surface area contributed by atoms with Crippen LogP contribution in [0.2, 0.25) is 0 Å². The highest BCUT2D eigenvalue weighted by atomic mass is 16.3. The van der Waals surface area contributed by atoms with Crippen LogP contribution in [0, 0.1) is 0 Å². The van der Waals surface area contributed by atoms with Gasteiger partial charge in [0.1, 0.15) is 0 Å². The van der Waals surface area contributed by atoms with E-state index in [1.165, 1.54) is 24.0 Å². The first-order chi connectivity index (χ1) is 6.27. The van der Waals surface area contributed by atoms with Gasteiger partial charge < -0.3 is 5.11 Å². The lowest BCUT2D eigenvalue weighted by Crippen LogP contribution is -2.06. The molecule has 1 heteroatoms. The Morgan fingerprint density at radius 1 is 1.38 bits per heavy atom. The number of benzene rings is 1. The average Bonchev–Trinajstić information content (AvgIpc) is 2.87. The van der Waals surface area contributed by atoms with Gasteiger partial charge in [0.25, 0.3) is 0 Å². The fourth-order valence-corrected chi connectivity index (χ4v) is 1.83. The lowest BCUT2D eigenvalue weighted by Gasteiger charge is -2.09. The highest BCUT2D eigenvalue weighted by Crippen LogP contribution is 2.41. The fourth-order valence-electron chi connectivity index (χ4n) is 1.83. The molecule has 1 N–H and O–H groups in total. The van der Waals surface area contributed by atoms with Crippen LogP contribution in [0.1, 0.15) is 36.8 Å². The Hall–Kier alpha value is -0.820. The maximum atomic E-state index is 9.33. The van der Waals surface area contributed by atoms with Crippen LogP contribution in [0.25, 0.3) is 0 Å². The Balaban J connectivity index is 2.21. The molecule has 1 atom stereocenters. The summed E-state index contributed by atoms with van der Waals surface area (Å²) in [6.07, 6.45) is 3.24. The van der Waals surface area contributed by atoms with E-state index in [0.717, 1.165) is 12.3 Å². The fraction of sp³-hybridized carbons (Fsp3) is 0.500. The van der Waals surface area contributed by atoms with Gasteiger partial charge in [0.2, 0.25) is 0 Å². The third-order valence-electron chi connectivity index (χ3n) is 2.59. The van der Waals surface area contributed by atoms with Crippen molar-refractivity contribution < 1.29 is 5.11 Å². The zero-order valence-corrected chi connectivity index (χ0v) is 8.03. The van der Waals surface area contributed by atoms with Gasteiger partial charge in [-0.2, -0.15) is 0 Å². The van der Waals surface area contributed by atoms with Crippen LogP contribution in [0.4, 0.5) is 0 Å². The van der Waals surface area contributed by atoms with Crippen molar-refractivity contribution in [2.24, 2.45) is 0 Å². The molecule has 1 saturated carbocycles. The molecule has 0 radical (unpaired) electrons. The summed E-state index contributed by atoms with van der Waals surface area (Å²) in [6, 6.07) is 8.50. The molecular formula is C12H16O. The second kappa shape index (κ2) is 3.51. The monoisotopic (exact) mass is 176 g/mol. The zero-order valence-electron chi connectivity index (χ0n) is 8.03. The quantitative estimate of drug-likeness (QED) is 0.750. The summed E-state index contributed by atoms with van der Waals surface area (Å²) in [5, 5.41) is 9.33. The van der Waals surface area contributed by atoms with Crippen LogP contribution >= 0.6 is 0 Å². The van der Waals surface area contributed by atoms with Gasteiger partial charge in [-0.15, -0.1) is 0 Å². The Kier molecular flexibility index (Phi) is 2.36. The SMILES string of the molecule is C[C@@H](O)Cc1ccccc1C1CC1. The first kappa shape index (κ1) is 8.76. The van der Waals surface area contributed by atoms with Crippen molar-refractivity contribution in [2.45, 2.75) is 38.2 Å². The molecule has 0 heterocycles. The van der Waals surface area contributed by atoms with Gasteiger partial charge in [-0.05, 0) is 43.2 Å². The molecule has 2 rings (SSSR count). The molecule has 1 nitrogen and oxygen atoms in total. The molecular weight excluding hydrogens is 160 g/mol. The van der Waals surface area contributed by atoms with E-state index in [1.807, 2.05) is 6.92 Å². The highest BCUT2D eigenvalue weighted by molar-refractivity contribution is 5.33. The maximum absolute atomic E-state index is 9.33. The summed E-state index contributed by atoms with van der Waals surface area (Å²) < 4.78 is 0. The second-order valence-electron chi connectivity index (χ2n) is 4.03. The normalized spacial score (nSPS) is 18.6. The number of rotatable bonds is 3. The smallest absolute Gasteiger partial charge is 0.0552 e. The minimum atomic E-state index is -0.222. The standard InChI is InChI=1S/C12H16O/c1-9(13)8-11-4-2-3-5-12(11)10-6-7-10/h2-5,9-10,13H,6-8H2,1H3/t9-/m1/s1. The van der Waals surface area contributed by atoms with Crippen molar-refractivity contribution in [1.29, 1.82) is 0 Å². The molecule has 70 valence electrons. The van der Waals surface area contributed by atoms with Crippen molar-refractivity contribution in [3.63, 3.8) is 0 Å². The summed E-state index contributed by atoms with van der Waals surface area (Å²) in [4.78, 5) is 0. The minimum Gasteiger partial charge on any atom is -0.393 e. The van der Waals surface area contributed by atoms with Gasteiger partial charge in [-0.1, -0.05) is 24.3 Å². The molecule has 1 fully saturated rings. The number of hydrogen-bond acceptors (Lipinski definition) is 1. The van der Waals surface area contributed by atoms with Crippen molar-refractivity contribution >= 4 is 0 Å². The molecule has 0 unspecified atom stereocenters. The highest BCUT2D eigenvalue weighted by Gasteiger charge is 2.25. The average molecular weight is 176 g/mol. The largest absolute Gasteiger partial charge is 0.393 e.